The quantitative estimate of drug-likeness (QED) is 0.228. The molecular formula is C26H22Br2N2O4. The second-order valence-electron chi connectivity index (χ2n) is 7.63. The summed E-state index contributed by atoms with van der Waals surface area (Å²) in [6.45, 7) is 1.40. The predicted molar refractivity (Wildman–Crippen MR) is 135 cm³/mol. The van der Waals surface area contributed by atoms with E-state index in [4.69, 9.17) is 8.83 Å². The van der Waals surface area contributed by atoms with Gasteiger partial charge in [-0.2, -0.15) is 0 Å². The normalized spacial score (nSPS) is 10.8. The molecule has 4 aromatic rings. The van der Waals surface area contributed by atoms with E-state index in [9.17, 15) is 9.59 Å². The summed E-state index contributed by atoms with van der Waals surface area (Å²) in [7, 11) is 0. The van der Waals surface area contributed by atoms with Gasteiger partial charge in [-0.25, -0.2) is 0 Å². The molecule has 2 aromatic heterocycles. The molecule has 0 radical (unpaired) electrons. The maximum absolute atomic E-state index is 13.3. The van der Waals surface area contributed by atoms with Gasteiger partial charge in [0.25, 0.3) is 11.8 Å². The molecule has 8 heteroatoms. The van der Waals surface area contributed by atoms with Gasteiger partial charge in [-0.05, 0) is 67.3 Å². The van der Waals surface area contributed by atoms with Crippen LogP contribution in [-0.2, 0) is 13.1 Å². The minimum atomic E-state index is -0.248. The van der Waals surface area contributed by atoms with E-state index in [1.807, 2.05) is 60.7 Å². The Balaban J connectivity index is 1.56. The average Bonchev–Trinajstić information content (AvgIpc) is 3.49. The van der Waals surface area contributed by atoms with Crippen molar-refractivity contribution in [1.29, 1.82) is 0 Å². The molecular weight excluding hydrogens is 564 g/mol. The number of nitrogens with zero attached hydrogens (tertiary/aromatic N) is 2. The Bertz CT molecular complexity index is 1140. The fourth-order valence-corrected chi connectivity index (χ4v) is 4.14. The lowest BCUT2D eigenvalue weighted by Crippen LogP contribution is -2.40. The van der Waals surface area contributed by atoms with E-state index >= 15 is 0 Å². The van der Waals surface area contributed by atoms with Gasteiger partial charge in [0.15, 0.2) is 20.9 Å². The van der Waals surface area contributed by atoms with Gasteiger partial charge in [-0.1, -0.05) is 60.7 Å². The van der Waals surface area contributed by atoms with Crippen LogP contribution in [0, 0.1) is 0 Å². The highest BCUT2D eigenvalue weighted by atomic mass is 79.9. The second kappa shape index (κ2) is 11.4. The fourth-order valence-electron chi connectivity index (χ4n) is 3.52. The molecule has 0 fully saturated rings. The second-order valence-corrected chi connectivity index (χ2v) is 9.20. The van der Waals surface area contributed by atoms with Gasteiger partial charge in [0.1, 0.15) is 0 Å². The van der Waals surface area contributed by atoms with Gasteiger partial charge in [-0.15, -0.1) is 0 Å². The zero-order valence-corrected chi connectivity index (χ0v) is 21.4. The van der Waals surface area contributed by atoms with Crippen LogP contribution in [0.1, 0.15) is 32.2 Å². The van der Waals surface area contributed by atoms with Crippen molar-refractivity contribution in [1.82, 2.24) is 9.80 Å². The maximum Gasteiger partial charge on any atom is 0.289 e. The fraction of sp³-hybridized carbons (Fsp3) is 0.154. The first-order chi connectivity index (χ1) is 16.5. The Morgan fingerprint density at radius 1 is 0.588 bits per heavy atom. The van der Waals surface area contributed by atoms with Crippen molar-refractivity contribution in [3.05, 3.63) is 117 Å². The number of rotatable bonds is 9. The van der Waals surface area contributed by atoms with Crippen molar-refractivity contribution in [2.24, 2.45) is 0 Å². The van der Waals surface area contributed by atoms with Crippen molar-refractivity contribution in [2.75, 3.05) is 13.1 Å². The lowest BCUT2D eigenvalue weighted by atomic mass is 10.2. The highest BCUT2D eigenvalue weighted by Gasteiger charge is 2.24. The summed E-state index contributed by atoms with van der Waals surface area (Å²) in [4.78, 5) is 29.9. The lowest BCUT2D eigenvalue weighted by molar-refractivity contribution is 0.0610. The number of benzene rings is 2. The highest BCUT2D eigenvalue weighted by molar-refractivity contribution is 9.10. The summed E-state index contributed by atoms with van der Waals surface area (Å²) in [6.07, 6.45) is 0. The summed E-state index contributed by atoms with van der Waals surface area (Å²) < 4.78 is 12.0. The first-order valence-electron chi connectivity index (χ1n) is 10.7. The zero-order valence-electron chi connectivity index (χ0n) is 18.2. The van der Waals surface area contributed by atoms with E-state index in [2.05, 4.69) is 31.9 Å². The third kappa shape index (κ3) is 6.27. The zero-order chi connectivity index (χ0) is 23.9. The SMILES string of the molecule is O=C(c1ccc(Br)o1)N(CCN(Cc1ccccc1)C(=O)c1ccc(Br)o1)Cc1ccccc1. The van der Waals surface area contributed by atoms with E-state index in [0.29, 0.717) is 35.5 Å². The van der Waals surface area contributed by atoms with E-state index in [1.54, 1.807) is 34.1 Å². The molecule has 0 aliphatic carbocycles. The summed E-state index contributed by atoms with van der Waals surface area (Å²) in [5, 5.41) is 0. The molecule has 0 aliphatic heterocycles. The third-order valence-electron chi connectivity index (χ3n) is 5.21. The Morgan fingerprint density at radius 2 is 0.971 bits per heavy atom. The van der Waals surface area contributed by atoms with Crippen LogP contribution in [-0.4, -0.2) is 34.7 Å². The van der Waals surface area contributed by atoms with Crippen LogP contribution >= 0.6 is 31.9 Å². The van der Waals surface area contributed by atoms with Gasteiger partial charge in [0, 0.05) is 26.2 Å². The molecule has 0 atom stereocenters. The number of halogens is 2. The van der Waals surface area contributed by atoms with E-state index in [1.165, 1.54) is 0 Å². The Morgan fingerprint density at radius 3 is 1.29 bits per heavy atom. The Kier molecular flexibility index (Phi) is 8.03. The van der Waals surface area contributed by atoms with Crippen LogP contribution in [0.25, 0.3) is 0 Å². The van der Waals surface area contributed by atoms with E-state index in [-0.39, 0.29) is 23.3 Å². The lowest BCUT2D eigenvalue weighted by Gasteiger charge is -2.27. The first kappa shape index (κ1) is 24.0. The van der Waals surface area contributed by atoms with Gasteiger partial charge in [-0.3, -0.25) is 9.59 Å². The van der Waals surface area contributed by atoms with Crippen LogP contribution < -0.4 is 0 Å². The summed E-state index contributed by atoms with van der Waals surface area (Å²) >= 11 is 6.52. The van der Waals surface area contributed by atoms with Crippen molar-refractivity contribution in [3.63, 3.8) is 0 Å². The van der Waals surface area contributed by atoms with Gasteiger partial charge < -0.3 is 18.6 Å². The number of carbonyl (C=O) groups is 2. The van der Waals surface area contributed by atoms with Crippen molar-refractivity contribution in [3.8, 4) is 0 Å². The molecule has 2 heterocycles. The van der Waals surface area contributed by atoms with Gasteiger partial charge >= 0.3 is 0 Å². The first-order valence-corrected chi connectivity index (χ1v) is 12.3. The molecule has 2 amide bonds. The van der Waals surface area contributed by atoms with Crippen LogP contribution in [0.4, 0.5) is 0 Å². The van der Waals surface area contributed by atoms with Gasteiger partial charge in [0.05, 0.1) is 0 Å². The summed E-state index contributed by atoms with van der Waals surface area (Å²) in [6, 6.07) is 26.1. The van der Waals surface area contributed by atoms with E-state index < -0.39 is 0 Å². The van der Waals surface area contributed by atoms with Crippen LogP contribution in [0.5, 0.6) is 0 Å². The summed E-state index contributed by atoms with van der Waals surface area (Å²) in [5.41, 5.74) is 1.97. The minimum absolute atomic E-state index is 0.235. The molecule has 0 saturated heterocycles. The van der Waals surface area contributed by atoms with Crippen LogP contribution in [0.15, 0.2) is 103 Å². The largest absolute Gasteiger partial charge is 0.444 e. The number of hydrogen-bond acceptors (Lipinski definition) is 4. The monoisotopic (exact) mass is 584 g/mol. The van der Waals surface area contributed by atoms with Gasteiger partial charge in [0.2, 0.25) is 0 Å². The maximum atomic E-state index is 13.3. The molecule has 4 rings (SSSR count). The summed E-state index contributed by atoms with van der Waals surface area (Å²) in [5.74, 6) is -0.0257. The number of carbonyl (C=O) groups excluding carboxylic acids is 2. The molecule has 0 N–H and O–H groups in total. The molecule has 6 nitrogen and oxygen atoms in total. The third-order valence-corrected chi connectivity index (χ3v) is 6.07. The number of amides is 2. The van der Waals surface area contributed by atoms with Crippen molar-refractivity contribution >= 4 is 43.7 Å². The molecule has 0 bridgehead atoms. The number of furan rings is 2. The smallest absolute Gasteiger partial charge is 0.289 e. The minimum Gasteiger partial charge on any atom is -0.444 e. The molecule has 2 aromatic carbocycles. The van der Waals surface area contributed by atoms with E-state index in [0.717, 1.165) is 11.1 Å². The molecule has 0 saturated carbocycles. The molecule has 0 aliphatic rings. The predicted octanol–water partition coefficient (Wildman–Crippen LogP) is 6.38. The topological polar surface area (TPSA) is 66.9 Å². The van der Waals surface area contributed by atoms with Crippen LogP contribution in [0.3, 0.4) is 0 Å². The van der Waals surface area contributed by atoms with Crippen molar-refractivity contribution in [2.45, 2.75) is 13.1 Å². The molecule has 0 spiro atoms. The number of hydrogen-bond donors (Lipinski definition) is 0. The Labute approximate surface area is 214 Å². The molecule has 0 unspecified atom stereocenters. The Hall–Kier alpha value is -3.10. The van der Waals surface area contributed by atoms with Crippen molar-refractivity contribution < 1.29 is 18.4 Å². The highest BCUT2D eigenvalue weighted by Crippen LogP contribution is 2.19. The standard InChI is InChI=1S/C26H22Br2N2O4/c27-23-13-11-21(33-23)25(31)29(17-19-7-3-1-4-8-19)15-16-30(18-20-9-5-2-6-10-20)26(32)22-12-14-24(28)34-22/h1-14H,15-18H2. The molecule has 174 valence electrons. The average molecular weight is 586 g/mol. The van der Waals surface area contributed by atoms with Crippen LogP contribution in [0.2, 0.25) is 0 Å². The molecule has 34 heavy (non-hydrogen) atoms.